The first kappa shape index (κ1) is 17.8. The van der Waals surface area contributed by atoms with Gasteiger partial charge in [0.25, 0.3) is 5.91 Å². The van der Waals surface area contributed by atoms with E-state index in [1.54, 1.807) is 12.4 Å². The summed E-state index contributed by atoms with van der Waals surface area (Å²) in [5.74, 6) is 0.441. The van der Waals surface area contributed by atoms with Crippen LogP contribution in [0.5, 0.6) is 0 Å². The fourth-order valence-corrected chi connectivity index (χ4v) is 3.76. The van der Waals surface area contributed by atoms with Crippen molar-refractivity contribution >= 4 is 11.9 Å². The minimum Gasteiger partial charge on any atom is -0.396 e. The van der Waals surface area contributed by atoms with Crippen molar-refractivity contribution in [3.63, 3.8) is 0 Å². The van der Waals surface area contributed by atoms with Crippen molar-refractivity contribution in [3.05, 3.63) is 42.2 Å². The normalized spacial score (nSPS) is 20.9. The molecule has 1 amide bonds. The Bertz CT molecular complexity index is 777. The molecule has 8 heteroatoms. The number of hydrogen-bond acceptors (Lipinski definition) is 7. The highest BCUT2D eigenvalue weighted by molar-refractivity contribution is 5.94. The Labute approximate surface area is 158 Å². The van der Waals surface area contributed by atoms with Crippen molar-refractivity contribution in [2.75, 3.05) is 18.5 Å². The van der Waals surface area contributed by atoms with Gasteiger partial charge in [-0.05, 0) is 38.5 Å². The van der Waals surface area contributed by atoms with Crippen LogP contribution >= 0.6 is 0 Å². The summed E-state index contributed by atoms with van der Waals surface area (Å²) in [5, 5.41) is 12.6. The lowest BCUT2D eigenvalue weighted by molar-refractivity contribution is 0.0574. The monoisotopic (exact) mass is 368 g/mol. The quantitative estimate of drug-likeness (QED) is 0.800. The Kier molecular flexibility index (Phi) is 4.98. The SMILES string of the molecule is O=C(c1cnc(NC2(c3cncnc3)CC2)nc1)N1CCCC[C@H]1CCO. The van der Waals surface area contributed by atoms with E-state index < -0.39 is 0 Å². The molecule has 0 aromatic carbocycles. The van der Waals surface area contributed by atoms with Crippen LogP contribution in [0.15, 0.2) is 31.1 Å². The zero-order chi connectivity index (χ0) is 18.7. The van der Waals surface area contributed by atoms with Gasteiger partial charge in [0.05, 0.1) is 11.1 Å². The highest BCUT2D eigenvalue weighted by Crippen LogP contribution is 2.47. The van der Waals surface area contributed by atoms with Gasteiger partial charge in [-0.2, -0.15) is 0 Å². The van der Waals surface area contributed by atoms with Gasteiger partial charge in [0.2, 0.25) is 5.95 Å². The molecule has 2 aromatic rings. The van der Waals surface area contributed by atoms with Crippen LogP contribution in [0.25, 0.3) is 0 Å². The van der Waals surface area contributed by atoms with Crippen LogP contribution in [0.1, 0.15) is 54.4 Å². The first-order chi connectivity index (χ1) is 13.2. The first-order valence-electron chi connectivity index (χ1n) is 9.49. The maximum absolute atomic E-state index is 12.8. The zero-order valence-electron chi connectivity index (χ0n) is 15.2. The molecule has 8 nitrogen and oxygen atoms in total. The Hall–Kier alpha value is -2.61. The third-order valence-corrected chi connectivity index (χ3v) is 5.46. The molecule has 1 saturated carbocycles. The summed E-state index contributed by atoms with van der Waals surface area (Å²) in [5.41, 5.74) is 1.30. The molecule has 2 aliphatic rings. The molecule has 0 unspecified atom stereocenters. The number of piperidine rings is 1. The number of carbonyl (C=O) groups excluding carboxylic acids is 1. The van der Waals surface area contributed by atoms with E-state index in [0.717, 1.165) is 44.2 Å². The van der Waals surface area contributed by atoms with Crippen LogP contribution in [0, 0.1) is 0 Å². The molecule has 27 heavy (non-hydrogen) atoms. The third-order valence-electron chi connectivity index (χ3n) is 5.46. The van der Waals surface area contributed by atoms with Gasteiger partial charge in [-0.1, -0.05) is 0 Å². The first-order valence-corrected chi connectivity index (χ1v) is 9.49. The zero-order valence-corrected chi connectivity index (χ0v) is 15.2. The average molecular weight is 368 g/mol. The fraction of sp³-hybridized carbons (Fsp3) is 0.526. The van der Waals surface area contributed by atoms with E-state index in [9.17, 15) is 9.90 Å². The van der Waals surface area contributed by atoms with Crippen LogP contribution in [0.3, 0.4) is 0 Å². The summed E-state index contributed by atoms with van der Waals surface area (Å²) >= 11 is 0. The van der Waals surface area contributed by atoms with E-state index in [-0.39, 0.29) is 24.1 Å². The van der Waals surface area contributed by atoms with Gasteiger partial charge in [-0.15, -0.1) is 0 Å². The van der Waals surface area contributed by atoms with Crippen LogP contribution in [0.4, 0.5) is 5.95 Å². The summed E-state index contributed by atoms with van der Waals surface area (Å²) in [6, 6.07) is 0.0989. The van der Waals surface area contributed by atoms with Gasteiger partial charge in [-0.25, -0.2) is 19.9 Å². The van der Waals surface area contributed by atoms with E-state index >= 15 is 0 Å². The predicted octanol–water partition coefficient (Wildman–Crippen LogP) is 1.74. The Balaban J connectivity index is 1.45. The molecule has 142 valence electrons. The Morgan fingerprint density at radius 1 is 1.19 bits per heavy atom. The highest BCUT2D eigenvalue weighted by atomic mass is 16.3. The third kappa shape index (κ3) is 3.75. The molecule has 0 bridgehead atoms. The average Bonchev–Trinajstić information content (AvgIpc) is 3.50. The minimum atomic E-state index is -0.203. The summed E-state index contributed by atoms with van der Waals surface area (Å²) in [6.45, 7) is 0.819. The van der Waals surface area contributed by atoms with E-state index in [1.165, 1.54) is 6.33 Å². The number of aliphatic hydroxyl groups is 1. The molecule has 2 fully saturated rings. The molecule has 4 rings (SSSR count). The van der Waals surface area contributed by atoms with Crippen LogP contribution in [-0.4, -0.2) is 55.0 Å². The van der Waals surface area contributed by atoms with Crippen molar-refractivity contribution in [2.45, 2.75) is 50.1 Å². The van der Waals surface area contributed by atoms with Crippen molar-refractivity contribution in [3.8, 4) is 0 Å². The second kappa shape index (κ2) is 7.56. The molecule has 1 atom stereocenters. The number of nitrogens with zero attached hydrogens (tertiary/aromatic N) is 5. The van der Waals surface area contributed by atoms with Crippen LogP contribution in [-0.2, 0) is 5.54 Å². The van der Waals surface area contributed by atoms with Crippen LogP contribution in [0.2, 0.25) is 0 Å². The number of rotatable bonds is 6. The highest BCUT2D eigenvalue weighted by Gasteiger charge is 2.45. The summed E-state index contributed by atoms with van der Waals surface area (Å²) in [6.07, 6.45) is 13.9. The molecule has 2 aromatic heterocycles. The Morgan fingerprint density at radius 2 is 1.93 bits per heavy atom. The second-order valence-electron chi connectivity index (χ2n) is 7.29. The van der Waals surface area contributed by atoms with Gasteiger partial charge in [-0.3, -0.25) is 4.79 Å². The molecular formula is C19H24N6O2. The standard InChI is InChI=1S/C19H24N6O2/c26-8-4-16-3-1-2-7-25(16)17(27)14-9-22-18(23-10-14)24-19(5-6-19)15-11-20-13-21-12-15/h9-13,16,26H,1-8H2,(H,22,23,24)/t16-/m0/s1. The molecule has 3 heterocycles. The lowest BCUT2D eigenvalue weighted by atomic mass is 9.99. The minimum absolute atomic E-state index is 0.0581. The molecule has 0 spiro atoms. The van der Waals surface area contributed by atoms with E-state index in [0.29, 0.717) is 17.9 Å². The number of aromatic nitrogens is 4. The number of hydrogen-bond donors (Lipinski definition) is 2. The molecule has 1 aliphatic carbocycles. The largest absolute Gasteiger partial charge is 0.396 e. The predicted molar refractivity (Wildman–Crippen MR) is 99.0 cm³/mol. The van der Waals surface area contributed by atoms with Gasteiger partial charge in [0.15, 0.2) is 0 Å². The van der Waals surface area contributed by atoms with E-state index in [2.05, 4.69) is 25.3 Å². The van der Waals surface area contributed by atoms with Crippen molar-refractivity contribution < 1.29 is 9.90 Å². The lowest BCUT2D eigenvalue weighted by Crippen LogP contribution is -2.44. The van der Waals surface area contributed by atoms with Gasteiger partial charge >= 0.3 is 0 Å². The molecule has 0 radical (unpaired) electrons. The van der Waals surface area contributed by atoms with E-state index in [1.807, 2.05) is 17.3 Å². The lowest BCUT2D eigenvalue weighted by Gasteiger charge is -2.35. The van der Waals surface area contributed by atoms with Crippen LogP contribution < -0.4 is 5.32 Å². The molecule has 1 aliphatic heterocycles. The van der Waals surface area contributed by atoms with Gasteiger partial charge < -0.3 is 15.3 Å². The van der Waals surface area contributed by atoms with Crippen molar-refractivity contribution in [1.29, 1.82) is 0 Å². The Morgan fingerprint density at radius 3 is 2.59 bits per heavy atom. The maximum Gasteiger partial charge on any atom is 0.257 e. The number of aliphatic hydroxyl groups excluding tert-OH is 1. The summed E-state index contributed by atoms with van der Waals surface area (Å²) < 4.78 is 0. The molecular weight excluding hydrogens is 344 g/mol. The number of nitrogens with one attached hydrogen (secondary N) is 1. The topological polar surface area (TPSA) is 104 Å². The van der Waals surface area contributed by atoms with Gasteiger partial charge in [0, 0.05) is 49.5 Å². The molecule has 2 N–H and O–H groups in total. The van der Waals surface area contributed by atoms with Gasteiger partial charge in [0.1, 0.15) is 6.33 Å². The summed E-state index contributed by atoms with van der Waals surface area (Å²) in [4.78, 5) is 31.6. The number of amides is 1. The second-order valence-corrected chi connectivity index (χ2v) is 7.29. The smallest absolute Gasteiger partial charge is 0.257 e. The summed E-state index contributed by atoms with van der Waals surface area (Å²) in [7, 11) is 0. The maximum atomic E-state index is 12.8. The number of carbonyl (C=O) groups is 1. The molecule has 1 saturated heterocycles. The fourth-order valence-electron chi connectivity index (χ4n) is 3.76. The van der Waals surface area contributed by atoms with Crippen molar-refractivity contribution in [2.24, 2.45) is 0 Å². The number of anilines is 1. The van der Waals surface area contributed by atoms with Crippen molar-refractivity contribution in [1.82, 2.24) is 24.8 Å². The van der Waals surface area contributed by atoms with E-state index in [4.69, 9.17) is 0 Å². The number of likely N-dealkylation sites (tertiary alicyclic amines) is 1.